The van der Waals surface area contributed by atoms with E-state index in [1.54, 1.807) is 0 Å². The third-order valence-electron chi connectivity index (χ3n) is 3.59. The Morgan fingerprint density at radius 3 is 2.58 bits per heavy atom. The van der Waals surface area contributed by atoms with Gasteiger partial charge in [-0.15, -0.1) is 0 Å². The zero-order valence-corrected chi connectivity index (χ0v) is 12.7. The molecule has 3 nitrogen and oxygen atoms in total. The summed E-state index contributed by atoms with van der Waals surface area (Å²) in [5.74, 6) is 1.75. The van der Waals surface area contributed by atoms with Gasteiger partial charge >= 0.3 is 0 Å². The molecule has 1 aliphatic heterocycles. The smallest absolute Gasteiger partial charge is 0.162 e. The fourth-order valence-corrected chi connectivity index (χ4v) is 2.85. The molecule has 1 N–H and O–H groups in total. The summed E-state index contributed by atoms with van der Waals surface area (Å²) >= 11 is 3.63. The molecule has 0 radical (unpaired) electrons. The number of unbranched alkanes of at least 4 members (excludes halogenated alkanes) is 1. The van der Waals surface area contributed by atoms with Crippen LogP contribution in [0.5, 0.6) is 11.5 Å². The van der Waals surface area contributed by atoms with Crippen molar-refractivity contribution >= 4 is 15.9 Å². The van der Waals surface area contributed by atoms with Crippen molar-refractivity contribution in [2.45, 2.75) is 38.1 Å². The molecule has 3 rings (SSSR count). The molecule has 4 heteroatoms. The van der Waals surface area contributed by atoms with Gasteiger partial charge in [-0.1, -0.05) is 15.9 Å². The van der Waals surface area contributed by atoms with Gasteiger partial charge in [0, 0.05) is 10.5 Å². The van der Waals surface area contributed by atoms with Gasteiger partial charge in [0.15, 0.2) is 11.5 Å². The second-order valence-electron chi connectivity index (χ2n) is 5.27. The van der Waals surface area contributed by atoms with Crippen LogP contribution in [0.1, 0.15) is 31.2 Å². The lowest BCUT2D eigenvalue weighted by Crippen LogP contribution is -2.17. The van der Waals surface area contributed by atoms with E-state index in [4.69, 9.17) is 9.47 Å². The average Bonchev–Trinajstić information content (AvgIpc) is 3.23. The Hall–Kier alpha value is -0.740. The fourth-order valence-electron chi connectivity index (χ4n) is 2.33. The first-order valence-electron chi connectivity index (χ1n) is 7.14. The maximum absolute atomic E-state index is 5.63. The van der Waals surface area contributed by atoms with Crippen molar-refractivity contribution in [3.8, 4) is 11.5 Å². The first-order valence-corrected chi connectivity index (χ1v) is 7.93. The molecule has 1 heterocycles. The molecule has 19 heavy (non-hydrogen) atoms. The molecule has 1 saturated carbocycles. The molecule has 1 aromatic rings. The molecule has 2 aliphatic rings. The highest BCUT2D eigenvalue weighted by Gasteiger charge is 2.19. The highest BCUT2D eigenvalue weighted by Crippen LogP contribution is 2.36. The van der Waals surface area contributed by atoms with Crippen LogP contribution in [-0.4, -0.2) is 25.8 Å². The molecule has 0 bridgehead atoms. The lowest BCUT2D eigenvalue weighted by molar-refractivity contribution is 0.171. The van der Waals surface area contributed by atoms with Crippen LogP contribution >= 0.6 is 15.9 Å². The zero-order chi connectivity index (χ0) is 13.1. The van der Waals surface area contributed by atoms with E-state index < -0.39 is 0 Å². The molecule has 1 aliphatic carbocycles. The van der Waals surface area contributed by atoms with Gasteiger partial charge in [0.1, 0.15) is 13.2 Å². The van der Waals surface area contributed by atoms with Gasteiger partial charge in [-0.3, -0.25) is 0 Å². The van der Waals surface area contributed by atoms with E-state index in [0.717, 1.165) is 35.0 Å². The van der Waals surface area contributed by atoms with E-state index in [-0.39, 0.29) is 0 Å². The van der Waals surface area contributed by atoms with Crippen molar-refractivity contribution in [2.24, 2.45) is 0 Å². The minimum Gasteiger partial charge on any atom is -0.486 e. The van der Waals surface area contributed by atoms with Crippen molar-refractivity contribution in [1.29, 1.82) is 0 Å². The Labute approximate surface area is 122 Å². The monoisotopic (exact) mass is 325 g/mol. The molecule has 0 spiro atoms. The Morgan fingerprint density at radius 1 is 1.11 bits per heavy atom. The molecular weight excluding hydrogens is 306 g/mol. The molecule has 1 fully saturated rings. The number of rotatable bonds is 6. The minimum absolute atomic E-state index is 0.644. The quantitative estimate of drug-likeness (QED) is 0.814. The SMILES string of the molecule is Brc1cc2c(cc1CCCCNC1CC1)OCCO2. The summed E-state index contributed by atoms with van der Waals surface area (Å²) in [6, 6.07) is 4.97. The van der Waals surface area contributed by atoms with E-state index in [9.17, 15) is 0 Å². The zero-order valence-electron chi connectivity index (χ0n) is 11.1. The number of hydrogen-bond donors (Lipinski definition) is 1. The molecule has 0 unspecified atom stereocenters. The molecule has 0 aromatic heterocycles. The van der Waals surface area contributed by atoms with Gasteiger partial charge < -0.3 is 14.8 Å². The van der Waals surface area contributed by atoms with Crippen LogP contribution in [0.3, 0.4) is 0 Å². The Balaban J connectivity index is 1.51. The van der Waals surface area contributed by atoms with E-state index in [0.29, 0.717) is 13.2 Å². The molecule has 0 amide bonds. The van der Waals surface area contributed by atoms with Crippen LogP contribution in [0.25, 0.3) is 0 Å². The number of halogens is 1. The minimum atomic E-state index is 0.644. The number of nitrogens with one attached hydrogen (secondary N) is 1. The number of hydrogen-bond acceptors (Lipinski definition) is 3. The third-order valence-corrected chi connectivity index (χ3v) is 4.33. The summed E-state index contributed by atoms with van der Waals surface area (Å²) in [5.41, 5.74) is 1.32. The van der Waals surface area contributed by atoms with E-state index >= 15 is 0 Å². The predicted octanol–water partition coefficient (Wildman–Crippen LogP) is 3.30. The standard InChI is InChI=1S/C15H20BrNO2/c16-13-10-15-14(18-7-8-19-15)9-11(13)3-1-2-6-17-12-4-5-12/h9-10,12,17H,1-8H2. The van der Waals surface area contributed by atoms with Crippen LogP contribution in [0.2, 0.25) is 0 Å². The Kier molecular flexibility index (Phi) is 4.28. The van der Waals surface area contributed by atoms with E-state index in [1.807, 2.05) is 6.07 Å². The molecular formula is C15H20BrNO2. The van der Waals surface area contributed by atoms with Crippen molar-refractivity contribution in [1.82, 2.24) is 5.32 Å². The maximum Gasteiger partial charge on any atom is 0.162 e. The number of fused-ring (bicyclic) bond motifs is 1. The van der Waals surface area contributed by atoms with Gasteiger partial charge in [0.2, 0.25) is 0 Å². The first-order chi connectivity index (χ1) is 9.33. The lowest BCUT2D eigenvalue weighted by Gasteiger charge is -2.20. The van der Waals surface area contributed by atoms with Gasteiger partial charge in [-0.25, -0.2) is 0 Å². The first kappa shape index (κ1) is 13.3. The second kappa shape index (κ2) is 6.14. The van der Waals surface area contributed by atoms with Crippen molar-refractivity contribution in [3.05, 3.63) is 22.2 Å². The third kappa shape index (κ3) is 3.63. The summed E-state index contributed by atoms with van der Waals surface area (Å²) in [4.78, 5) is 0. The number of ether oxygens (including phenoxy) is 2. The van der Waals surface area contributed by atoms with Crippen molar-refractivity contribution < 1.29 is 9.47 Å². The number of aryl methyl sites for hydroxylation is 1. The normalized spacial score (nSPS) is 17.5. The molecule has 0 saturated heterocycles. The summed E-state index contributed by atoms with van der Waals surface area (Å²) in [6.45, 7) is 2.44. The average molecular weight is 326 g/mol. The number of benzene rings is 1. The maximum atomic E-state index is 5.63. The highest BCUT2D eigenvalue weighted by atomic mass is 79.9. The summed E-state index contributed by atoms with van der Waals surface area (Å²) in [6.07, 6.45) is 6.26. The highest BCUT2D eigenvalue weighted by molar-refractivity contribution is 9.10. The van der Waals surface area contributed by atoms with Crippen LogP contribution < -0.4 is 14.8 Å². The van der Waals surface area contributed by atoms with Gasteiger partial charge in [-0.2, -0.15) is 0 Å². The molecule has 0 atom stereocenters. The van der Waals surface area contributed by atoms with Gasteiger partial charge in [0.25, 0.3) is 0 Å². The molecule has 104 valence electrons. The van der Waals surface area contributed by atoms with Gasteiger partial charge in [0.05, 0.1) is 0 Å². The fraction of sp³-hybridized carbons (Fsp3) is 0.600. The van der Waals surface area contributed by atoms with E-state index in [2.05, 4.69) is 27.3 Å². The lowest BCUT2D eigenvalue weighted by atomic mass is 10.1. The molecule has 1 aromatic carbocycles. The van der Waals surface area contributed by atoms with Crippen LogP contribution in [0.15, 0.2) is 16.6 Å². The Morgan fingerprint density at radius 2 is 1.84 bits per heavy atom. The summed E-state index contributed by atoms with van der Waals surface area (Å²) in [7, 11) is 0. The summed E-state index contributed by atoms with van der Waals surface area (Å²) in [5, 5.41) is 3.55. The topological polar surface area (TPSA) is 30.5 Å². The van der Waals surface area contributed by atoms with Crippen molar-refractivity contribution in [3.63, 3.8) is 0 Å². The van der Waals surface area contributed by atoms with E-state index in [1.165, 1.54) is 31.2 Å². The largest absolute Gasteiger partial charge is 0.486 e. The summed E-state index contributed by atoms with van der Waals surface area (Å²) < 4.78 is 12.3. The Bertz CT molecular complexity index is 446. The van der Waals surface area contributed by atoms with Crippen molar-refractivity contribution in [2.75, 3.05) is 19.8 Å². The van der Waals surface area contributed by atoms with Crippen LogP contribution in [0, 0.1) is 0 Å². The van der Waals surface area contributed by atoms with Gasteiger partial charge in [-0.05, 0) is 56.3 Å². The van der Waals surface area contributed by atoms with Crippen LogP contribution in [0.4, 0.5) is 0 Å². The van der Waals surface area contributed by atoms with Crippen LogP contribution in [-0.2, 0) is 6.42 Å². The predicted molar refractivity (Wildman–Crippen MR) is 79.1 cm³/mol. The second-order valence-corrected chi connectivity index (χ2v) is 6.13.